The maximum absolute atomic E-state index is 13.3. The number of rotatable bonds is 1. The number of ketones is 1. The van der Waals surface area contributed by atoms with Crippen LogP contribution in [0.1, 0.15) is 46.0 Å². The zero-order chi connectivity index (χ0) is 19.4. The Bertz CT molecular complexity index is 743. The van der Waals surface area contributed by atoms with Gasteiger partial charge in [-0.2, -0.15) is 0 Å². The monoisotopic (exact) mass is 376 g/mol. The summed E-state index contributed by atoms with van der Waals surface area (Å²) >= 11 is 0. The molecule has 0 amide bonds. The van der Waals surface area contributed by atoms with Crippen LogP contribution in [0.5, 0.6) is 0 Å². The van der Waals surface area contributed by atoms with Crippen molar-refractivity contribution in [3.63, 3.8) is 0 Å². The summed E-state index contributed by atoms with van der Waals surface area (Å²) in [6, 6.07) is 0. The number of ether oxygens (including phenoxy) is 3. The van der Waals surface area contributed by atoms with Crippen LogP contribution in [-0.2, 0) is 23.8 Å². The van der Waals surface area contributed by atoms with Crippen molar-refractivity contribution in [2.45, 2.75) is 64.6 Å². The average molecular weight is 376 g/mol. The maximum Gasteiger partial charge on any atom is 0.320 e. The van der Waals surface area contributed by atoms with Gasteiger partial charge in [-0.15, -0.1) is 0 Å². The molecule has 6 heteroatoms. The molecule has 5 rings (SSSR count). The molecule has 0 radical (unpaired) electrons. The van der Waals surface area contributed by atoms with E-state index in [0.29, 0.717) is 24.8 Å². The van der Waals surface area contributed by atoms with E-state index < -0.39 is 35.5 Å². The summed E-state index contributed by atoms with van der Waals surface area (Å²) in [4.78, 5) is 26.5. The number of methoxy groups -OCH3 is 1. The first-order chi connectivity index (χ1) is 12.7. The fourth-order valence-electron chi connectivity index (χ4n) is 7.49. The number of aliphatic hydroxyl groups excluding tert-OH is 1. The summed E-state index contributed by atoms with van der Waals surface area (Å²) in [5, 5.41) is 11.2. The molecule has 0 aromatic rings. The summed E-state index contributed by atoms with van der Waals surface area (Å²) in [6.07, 6.45) is 1.33. The standard InChI is InChI=1S/C21H28O6/c1-10-11-5-6-12-20(9-11,15(10)22)17(23)26-13-7-8-19(2,3)14-16(25-4)27-18(24)21(12,13)14/h11-14,16,18,24H,1,5-9H2,2-4H3/t11-,12-,13+,14-,16-,18?,20+,21+/m1/s1. The van der Waals surface area contributed by atoms with Gasteiger partial charge in [-0.25, -0.2) is 0 Å². The minimum atomic E-state index is -1.21. The molecule has 1 unspecified atom stereocenters. The Morgan fingerprint density at radius 3 is 2.67 bits per heavy atom. The zero-order valence-corrected chi connectivity index (χ0v) is 16.2. The average Bonchev–Trinajstić information content (AvgIpc) is 3.04. The molecular formula is C21H28O6. The Morgan fingerprint density at radius 2 is 1.96 bits per heavy atom. The second kappa shape index (κ2) is 5.22. The third-order valence-electron chi connectivity index (χ3n) is 8.56. The van der Waals surface area contributed by atoms with Gasteiger partial charge in [-0.1, -0.05) is 20.4 Å². The van der Waals surface area contributed by atoms with Crippen LogP contribution in [0, 0.1) is 34.0 Å². The van der Waals surface area contributed by atoms with E-state index in [4.69, 9.17) is 14.2 Å². The van der Waals surface area contributed by atoms with Gasteiger partial charge in [0.05, 0.1) is 5.41 Å². The Kier molecular flexibility index (Phi) is 3.45. The lowest BCUT2D eigenvalue weighted by Gasteiger charge is -2.62. The van der Waals surface area contributed by atoms with Gasteiger partial charge in [0.1, 0.15) is 11.5 Å². The smallest absolute Gasteiger partial charge is 0.320 e. The third kappa shape index (κ3) is 1.79. The fourth-order valence-corrected chi connectivity index (χ4v) is 7.49. The number of hydrogen-bond donors (Lipinski definition) is 1. The van der Waals surface area contributed by atoms with Gasteiger partial charge in [-0.05, 0) is 54.9 Å². The van der Waals surface area contributed by atoms with Gasteiger partial charge >= 0.3 is 5.97 Å². The predicted octanol–water partition coefficient (Wildman–Crippen LogP) is 2.20. The number of carbonyl (C=O) groups excluding carboxylic acids is 2. The van der Waals surface area contributed by atoms with Crippen LogP contribution in [0.15, 0.2) is 12.2 Å². The van der Waals surface area contributed by atoms with Crippen LogP contribution in [0.25, 0.3) is 0 Å². The normalized spacial score (nSPS) is 52.8. The topological polar surface area (TPSA) is 82.1 Å². The molecule has 2 spiro atoms. The van der Waals surface area contributed by atoms with Crippen molar-refractivity contribution in [2.75, 3.05) is 7.11 Å². The van der Waals surface area contributed by atoms with Gasteiger partial charge in [-0.3, -0.25) is 9.59 Å². The molecule has 2 saturated heterocycles. The van der Waals surface area contributed by atoms with Crippen molar-refractivity contribution >= 4 is 11.8 Å². The number of hydrogen-bond acceptors (Lipinski definition) is 6. The van der Waals surface area contributed by atoms with E-state index in [2.05, 4.69) is 20.4 Å². The van der Waals surface area contributed by atoms with Gasteiger partial charge < -0.3 is 19.3 Å². The molecule has 1 N–H and O–H groups in total. The summed E-state index contributed by atoms with van der Waals surface area (Å²) in [7, 11) is 1.58. The van der Waals surface area contributed by atoms with E-state index in [9.17, 15) is 14.7 Å². The van der Waals surface area contributed by atoms with Crippen molar-refractivity contribution < 1.29 is 28.9 Å². The first kappa shape index (κ1) is 17.8. The number of fused-ring (bicyclic) bond motifs is 1. The van der Waals surface area contributed by atoms with Crippen LogP contribution in [-0.4, -0.2) is 42.7 Å². The lowest BCUT2D eigenvalue weighted by atomic mass is 9.43. The molecule has 2 bridgehead atoms. The number of carbonyl (C=O) groups is 2. The first-order valence-corrected chi connectivity index (χ1v) is 10.0. The van der Waals surface area contributed by atoms with Gasteiger partial charge in [0.15, 0.2) is 18.4 Å². The molecule has 6 nitrogen and oxygen atoms in total. The summed E-state index contributed by atoms with van der Waals surface area (Å²) < 4.78 is 17.5. The summed E-state index contributed by atoms with van der Waals surface area (Å²) in [5.74, 6) is -1.01. The first-order valence-electron chi connectivity index (χ1n) is 10.0. The number of allylic oxidation sites excluding steroid dienone is 1. The summed E-state index contributed by atoms with van der Waals surface area (Å²) in [6.45, 7) is 8.31. The van der Waals surface area contributed by atoms with Crippen LogP contribution in [0.3, 0.4) is 0 Å². The highest BCUT2D eigenvalue weighted by Crippen LogP contribution is 2.72. The van der Waals surface area contributed by atoms with Crippen LogP contribution in [0.2, 0.25) is 0 Å². The molecular weight excluding hydrogens is 348 g/mol. The van der Waals surface area contributed by atoms with E-state index >= 15 is 0 Å². The second-order valence-electron chi connectivity index (χ2n) is 9.85. The van der Waals surface area contributed by atoms with Crippen molar-refractivity contribution in [2.24, 2.45) is 34.0 Å². The molecule has 0 aromatic carbocycles. The Hall–Kier alpha value is -1.24. The molecule has 3 aliphatic carbocycles. The third-order valence-corrected chi connectivity index (χ3v) is 8.56. The Morgan fingerprint density at radius 1 is 1.22 bits per heavy atom. The van der Waals surface area contributed by atoms with Gasteiger partial charge in [0, 0.05) is 13.0 Å². The quantitative estimate of drug-likeness (QED) is 0.429. The fraction of sp³-hybridized carbons (Fsp3) is 0.810. The minimum absolute atomic E-state index is 0.0435. The number of Topliss-reactive ketones (excluding diaryl/α,β-unsaturated/α-hetero) is 1. The van der Waals surface area contributed by atoms with E-state index in [1.54, 1.807) is 7.11 Å². The molecule has 3 saturated carbocycles. The Balaban J connectivity index is 1.74. The minimum Gasteiger partial charge on any atom is -0.461 e. The van der Waals surface area contributed by atoms with Crippen LogP contribution < -0.4 is 0 Å². The highest BCUT2D eigenvalue weighted by Gasteiger charge is 2.80. The highest BCUT2D eigenvalue weighted by atomic mass is 16.7. The molecule has 0 aromatic heterocycles. The molecule has 8 atom stereocenters. The molecule has 27 heavy (non-hydrogen) atoms. The Labute approximate surface area is 159 Å². The summed E-state index contributed by atoms with van der Waals surface area (Å²) in [5.41, 5.74) is -1.65. The van der Waals surface area contributed by atoms with Crippen molar-refractivity contribution in [1.82, 2.24) is 0 Å². The SMILES string of the molecule is C=C1C(=O)[C@]23C[C@H]1CC[C@H]2[C@@]12C(O)O[C@@H](OC)[C@@H]1C(C)(C)CC[C@@H]2OC3=O. The highest BCUT2D eigenvalue weighted by molar-refractivity contribution is 6.15. The predicted molar refractivity (Wildman–Crippen MR) is 94.1 cm³/mol. The maximum atomic E-state index is 13.3. The van der Waals surface area contributed by atoms with Crippen molar-refractivity contribution in [3.8, 4) is 0 Å². The van der Waals surface area contributed by atoms with Gasteiger partial charge in [0.2, 0.25) is 0 Å². The van der Waals surface area contributed by atoms with Gasteiger partial charge in [0.25, 0.3) is 0 Å². The van der Waals surface area contributed by atoms with Crippen LogP contribution >= 0.6 is 0 Å². The van der Waals surface area contributed by atoms with E-state index in [-0.39, 0.29) is 29.0 Å². The van der Waals surface area contributed by atoms with E-state index in [0.717, 1.165) is 12.8 Å². The van der Waals surface area contributed by atoms with Crippen molar-refractivity contribution in [3.05, 3.63) is 12.2 Å². The number of esters is 1. The lowest BCUT2D eigenvalue weighted by Crippen LogP contribution is -2.70. The molecule has 2 aliphatic heterocycles. The van der Waals surface area contributed by atoms with Crippen LogP contribution in [0.4, 0.5) is 0 Å². The second-order valence-corrected chi connectivity index (χ2v) is 9.85. The molecule has 148 valence electrons. The molecule has 5 fully saturated rings. The van der Waals surface area contributed by atoms with E-state index in [1.807, 2.05) is 0 Å². The number of aliphatic hydroxyl groups is 1. The zero-order valence-electron chi connectivity index (χ0n) is 16.2. The van der Waals surface area contributed by atoms with E-state index in [1.165, 1.54) is 0 Å². The van der Waals surface area contributed by atoms with Crippen molar-refractivity contribution in [1.29, 1.82) is 0 Å². The largest absolute Gasteiger partial charge is 0.461 e. The molecule has 2 heterocycles. The lowest BCUT2D eigenvalue weighted by molar-refractivity contribution is -0.268. The molecule has 5 aliphatic rings.